The molecule has 1 aromatic carbocycles. The highest BCUT2D eigenvalue weighted by atomic mass is 32.1. The molecule has 0 radical (unpaired) electrons. The van der Waals surface area contributed by atoms with Crippen molar-refractivity contribution in [3.05, 3.63) is 93.6 Å². The molecule has 0 bridgehead atoms. The van der Waals surface area contributed by atoms with Gasteiger partial charge in [0.05, 0.1) is 18.0 Å². The second-order valence-electron chi connectivity index (χ2n) is 8.58. The Bertz CT molecular complexity index is 1250. The lowest BCUT2D eigenvalue weighted by Gasteiger charge is -2.39. The number of rotatable bonds is 7. The predicted octanol–water partition coefficient (Wildman–Crippen LogP) is 3.87. The minimum Gasteiger partial charge on any atom is -0.311 e. The van der Waals surface area contributed by atoms with Crippen molar-refractivity contribution < 1.29 is 0 Å². The maximum absolute atomic E-state index is 13.5. The lowest BCUT2D eigenvalue weighted by atomic mass is 10.0. The molecule has 170 valence electrons. The number of nitrogens with one attached hydrogen (secondary N) is 1. The van der Waals surface area contributed by atoms with Crippen LogP contribution in [-0.2, 0) is 13.0 Å². The molecule has 1 N–H and O–H groups in total. The summed E-state index contributed by atoms with van der Waals surface area (Å²) in [6.07, 6.45) is 3.64. The zero-order chi connectivity index (χ0) is 22.6. The molecule has 4 heterocycles. The van der Waals surface area contributed by atoms with Crippen LogP contribution in [0, 0.1) is 0 Å². The lowest BCUT2D eigenvalue weighted by molar-refractivity contribution is 0.130. The normalized spacial score (nSPS) is 17.9. The molecule has 33 heavy (non-hydrogen) atoms. The second-order valence-corrected chi connectivity index (χ2v) is 9.48. The van der Waals surface area contributed by atoms with Gasteiger partial charge in [-0.3, -0.25) is 19.2 Å². The quantitative estimate of drug-likeness (QED) is 0.455. The Kier molecular flexibility index (Phi) is 6.62. The fourth-order valence-corrected chi connectivity index (χ4v) is 5.55. The van der Waals surface area contributed by atoms with Crippen LogP contribution in [0.1, 0.15) is 36.5 Å². The van der Waals surface area contributed by atoms with Gasteiger partial charge in [-0.1, -0.05) is 43.3 Å². The summed E-state index contributed by atoms with van der Waals surface area (Å²) in [5.41, 5.74) is 2.27. The van der Waals surface area contributed by atoms with Gasteiger partial charge in [0.1, 0.15) is 10.7 Å². The number of aromatic nitrogens is 3. The minimum atomic E-state index is 0.0544. The minimum absolute atomic E-state index is 0.0544. The zero-order valence-electron chi connectivity index (χ0n) is 18.9. The highest BCUT2D eigenvalue weighted by Gasteiger charge is 2.29. The first-order valence-corrected chi connectivity index (χ1v) is 12.5. The summed E-state index contributed by atoms with van der Waals surface area (Å²) in [5.74, 6) is 0.875. The van der Waals surface area contributed by atoms with Crippen LogP contribution in [0.15, 0.2) is 71.0 Å². The Hall–Kier alpha value is -2.87. The monoisotopic (exact) mass is 459 g/mol. The molecule has 1 aliphatic rings. The molecule has 4 aromatic rings. The first kappa shape index (κ1) is 21.9. The topological polar surface area (TPSA) is 63.1 Å². The number of piperazine rings is 1. The summed E-state index contributed by atoms with van der Waals surface area (Å²) in [6, 6.07) is 18.6. The van der Waals surface area contributed by atoms with Gasteiger partial charge in [0, 0.05) is 44.0 Å². The standard InChI is InChI=1S/C26H29N5OS/c1-2-23(30-14-13-28-21(18-30)16-20-10-6-7-12-27-20)24-29-25-22(11-15-33-25)26(32)31(24)17-19-8-4-3-5-9-19/h3-12,15,21,23,28H,2,13-14,16-18H2,1H3. The summed E-state index contributed by atoms with van der Waals surface area (Å²) in [6.45, 7) is 5.48. The van der Waals surface area contributed by atoms with Crippen molar-refractivity contribution >= 4 is 21.6 Å². The summed E-state index contributed by atoms with van der Waals surface area (Å²) < 4.78 is 1.90. The molecule has 5 rings (SSSR count). The molecule has 3 aromatic heterocycles. The average molecular weight is 460 g/mol. The van der Waals surface area contributed by atoms with Crippen LogP contribution in [0.5, 0.6) is 0 Å². The molecule has 0 aliphatic carbocycles. The third-order valence-corrected chi connectivity index (χ3v) is 7.20. The van der Waals surface area contributed by atoms with Crippen LogP contribution < -0.4 is 10.9 Å². The largest absolute Gasteiger partial charge is 0.311 e. The van der Waals surface area contributed by atoms with Crippen LogP contribution in [0.2, 0.25) is 0 Å². The third kappa shape index (κ3) is 4.76. The van der Waals surface area contributed by atoms with Crippen molar-refractivity contribution in [1.29, 1.82) is 0 Å². The Morgan fingerprint density at radius 3 is 2.79 bits per heavy atom. The van der Waals surface area contributed by atoms with E-state index in [4.69, 9.17) is 4.98 Å². The molecular weight excluding hydrogens is 430 g/mol. The van der Waals surface area contributed by atoms with Crippen molar-refractivity contribution in [3.8, 4) is 0 Å². The maximum Gasteiger partial charge on any atom is 0.262 e. The second kappa shape index (κ2) is 9.95. The third-order valence-electron chi connectivity index (χ3n) is 6.39. The van der Waals surface area contributed by atoms with E-state index >= 15 is 0 Å². The van der Waals surface area contributed by atoms with Gasteiger partial charge in [-0.15, -0.1) is 11.3 Å². The summed E-state index contributed by atoms with van der Waals surface area (Å²) in [5, 5.41) is 6.32. The summed E-state index contributed by atoms with van der Waals surface area (Å²) >= 11 is 1.54. The molecular formula is C26H29N5OS. The fourth-order valence-electron chi connectivity index (χ4n) is 4.78. The maximum atomic E-state index is 13.5. The molecule has 1 fully saturated rings. The van der Waals surface area contributed by atoms with E-state index in [1.54, 1.807) is 11.3 Å². The van der Waals surface area contributed by atoms with Crippen molar-refractivity contribution in [2.24, 2.45) is 0 Å². The van der Waals surface area contributed by atoms with Crippen molar-refractivity contribution in [3.63, 3.8) is 0 Å². The molecule has 1 saturated heterocycles. The zero-order valence-corrected chi connectivity index (χ0v) is 19.7. The molecule has 7 heteroatoms. The van der Waals surface area contributed by atoms with E-state index in [0.717, 1.165) is 54.4 Å². The number of hydrogen-bond acceptors (Lipinski definition) is 6. The highest BCUT2D eigenvalue weighted by molar-refractivity contribution is 7.16. The van der Waals surface area contributed by atoms with E-state index in [1.807, 2.05) is 52.5 Å². The summed E-state index contributed by atoms with van der Waals surface area (Å²) in [7, 11) is 0. The van der Waals surface area contributed by atoms with Gasteiger partial charge in [0.2, 0.25) is 0 Å². The van der Waals surface area contributed by atoms with Gasteiger partial charge in [-0.25, -0.2) is 4.98 Å². The Morgan fingerprint density at radius 1 is 1.15 bits per heavy atom. The molecule has 2 atom stereocenters. The fraction of sp³-hybridized carbons (Fsp3) is 0.346. The van der Waals surface area contributed by atoms with Crippen molar-refractivity contribution in [1.82, 2.24) is 24.8 Å². The van der Waals surface area contributed by atoms with Crippen molar-refractivity contribution in [2.45, 2.75) is 38.4 Å². The number of nitrogens with zero attached hydrogens (tertiary/aromatic N) is 4. The van der Waals surface area contributed by atoms with Gasteiger partial charge in [0.15, 0.2) is 0 Å². The highest BCUT2D eigenvalue weighted by Crippen LogP contribution is 2.27. The van der Waals surface area contributed by atoms with Crippen LogP contribution in [0.25, 0.3) is 10.2 Å². The molecule has 6 nitrogen and oxygen atoms in total. The molecule has 0 spiro atoms. The smallest absolute Gasteiger partial charge is 0.262 e. The van der Waals surface area contributed by atoms with Gasteiger partial charge < -0.3 is 5.32 Å². The lowest BCUT2D eigenvalue weighted by Crippen LogP contribution is -2.53. The van der Waals surface area contributed by atoms with E-state index in [1.165, 1.54) is 0 Å². The predicted molar refractivity (Wildman–Crippen MR) is 134 cm³/mol. The van der Waals surface area contributed by atoms with E-state index in [-0.39, 0.29) is 11.6 Å². The van der Waals surface area contributed by atoms with E-state index in [9.17, 15) is 4.79 Å². The number of fused-ring (bicyclic) bond motifs is 1. The SMILES string of the molecule is CCC(c1nc2sccc2c(=O)n1Cc1ccccc1)N1CCNC(Cc2ccccn2)C1. The van der Waals surface area contributed by atoms with E-state index in [2.05, 4.69) is 40.3 Å². The first-order chi connectivity index (χ1) is 16.2. The van der Waals surface area contributed by atoms with Crippen LogP contribution in [0.3, 0.4) is 0 Å². The molecule has 0 saturated carbocycles. The number of pyridine rings is 1. The van der Waals surface area contributed by atoms with Crippen molar-refractivity contribution in [2.75, 3.05) is 19.6 Å². The number of hydrogen-bond donors (Lipinski definition) is 1. The molecule has 2 unspecified atom stereocenters. The Labute approximate surface area is 197 Å². The first-order valence-electron chi connectivity index (χ1n) is 11.6. The van der Waals surface area contributed by atoms with Crippen LogP contribution in [0.4, 0.5) is 0 Å². The number of thiophene rings is 1. The van der Waals surface area contributed by atoms with Crippen LogP contribution in [-0.4, -0.2) is 45.1 Å². The molecule has 0 amide bonds. The Morgan fingerprint density at radius 2 is 2.00 bits per heavy atom. The van der Waals surface area contributed by atoms with Gasteiger partial charge in [-0.2, -0.15) is 0 Å². The number of benzene rings is 1. The van der Waals surface area contributed by atoms with Crippen LogP contribution >= 0.6 is 11.3 Å². The van der Waals surface area contributed by atoms with Gasteiger partial charge >= 0.3 is 0 Å². The summed E-state index contributed by atoms with van der Waals surface area (Å²) in [4.78, 5) is 26.4. The van der Waals surface area contributed by atoms with Gasteiger partial charge in [-0.05, 0) is 35.6 Å². The molecule has 1 aliphatic heterocycles. The Balaban J connectivity index is 1.48. The average Bonchev–Trinajstić information content (AvgIpc) is 3.32. The van der Waals surface area contributed by atoms with E-state index in [0.29, 0.717) is 18.0 Å². The van der Waals surface area contributed by atoms with Gasteiger partial charge in [0.25, 0.3) is 5.56 Å². The van der Waals surface area contributed by atoms with E-state index < -0.39 is 0 Å².